The van der Waals surface area contributed by atoms with E-state index in [4.69, 9.17) is 15.9 Å². The van der Waals surface area contributed by atoms with E-state index in [0.717, 1.165) is 31.4 Å². The predicted octanol–water partition coefficient (Wildman–Crippen LogP) is 1.46. The minimum atomic E-state index is -0.946. The van der Waals surface area contributed by atoms with E-state index in [0.29, 0.717) is 0 Å². The topological polar surface area (TPSA) is 83.5 Å². The van der Waals surface area contributed by atoms with Gasteiger partial charge in [-0.2, -0.15) is 11.8 Å². The smallest absolute Gasteiger partial charge is 0.321 e. The average molecular weight is 249 g/mol. The van der Waals surface area contributed by atoms with Gasteiger partial charge in [-0.1, -0.05) is 12.8 Å². The highest BCUT2D eigenvalue weighted by Crippen LogP contribution is 2.28. The van der Waals surface area contributed by atoms with Gasteiger partial charge in [-0.3, -0.25) is 4.79 Å². The van der Waals surface area contributed by atoms with E-state index < -0.39 is 16.8 Å². The zero-order valence-corrected chi connectivity index (χ0v) is 10.9. The molecule has 4 N–H and O–H groups in total. The summed E-state index contributed by atoms with van der Waals surface area (Å²) in [5.74, 6) is -0.0304. The third-order valence-corrected chi connectivity index (χ3v) is 4.03. The summed E-state index contributed by atoms with van der Waals surface area (Å²) >= 11 is 1.60. The van der Waals surface area contributed by atoms with E-state index in [-0.39, 0.29) is 6.61 Å². The second-order valence-corrected chi connectivity index (χ2v) is 6.15. The molecule has 16 heavy (non-hydrogen) atoms. The lowest BCUT2D eigenvalue weighted by Crippen LogP contribution is -2.46. The standard InChI is InChI=1S/C11H23NO3S/c1-11(2,9(12)10(14)15)16-8-6-4-3-5-7-13/h9,13H,3-8,12H2,1-2H3,(H,14,15)/t9-/m1/s1. The molecule has 0 amide bonds. The van der Waals surface area contributed by atoms with Crippen LogP contribution in [-0.2, 0) is 4.79 Å². The fraction of sp³-hybridized carbons (Fsp3) is 0.909. The van der Waals surface area contributed by atoms with Gasteiger partial charge in [0.05, 0.1) is 0 Å². The number of aliphatic hydroxyl groups excluding tert-OH is 1. The fourth-order valence-corrected chi connectivity index (χ4v) is 2.44. The molecule has 0 aromatic rings. The summed E-state index contributed by atoms with van der Waals surface area (Å²) in [7, 11) is 0. The van der Waals surface area contributed by atoms with Gasteiger partial charge >= 0.3 is 5.97 Å². The number of carboxylic acid groups (broad SMARTS) is 1. The minimum absolute atomic E-state index is 0.253. The first-order chi connectivity index (χ1) is 7.41. The van der Waals surface area contributed by atoms with Gasteiger partial charge in [-0.25, -0.2) is 0 Å². The Labute approximate surface area is 102 Å². The Kier molecular flexibility index (Phi) is 7.80. The van der Waals surface area contributed by atoms with Crippen LogP contribution in [0.5, 0.6) is 0 Å². The first-order valence-corrected chi connectivity index (χ1v) is 6.63. The summed E-state index contributed by atoms with van der Waals surface area (Å²) in [5, 5.41) is 17.4. The largest absolute Gasteiger partial charge is 0.480 e. The monoisotopic (exact) mass is 249 g/mol. The van der Waals surface area contributed by atoms with Crippen molar-refractivity contribution in [3.63, 3.8) is 0 Å². The van der Waals surface area contributed by atoms with E-state index in [9.17, 15) is 4.79 Å². The Morgan fingerprint density at radius 2 is 1.88 bits per heavy atom. The number of rotatable bonds is 9. The molecule has 96 valence electrons. The van der Waals surface area contributed by atoms with Gasteiger partial charge in [0.15, 0.2) is 0 Å². The molecular weight excluding hydrogens is 226 g/mol. The average Bonchev–Trinajstić information content (AvgIpc) is 2.22. The molecule has 0 aromatic carbocycles. The molecule has 0 aliphatic heterocycles. The van der Waals surface area contributed by atoms with E-state index in [2.05, 4.69) is 0 Å². The van der Waals surface area contributed by atoms with Crippen LogP contribution in [0, 0.1) is 0 Å². The van der Waals surface area contributed by atoms with Crippen molar-refractivity contribution in [2.24, 2.45) is 5.73 Å². The summed E-state index contributed by atoms with van der Waals surface area (Å²) in [5.41, 5.74) is 5.60. The van der Waals surface area contributed by atoms with Gasteiger partial charge in [0.25, 0.3) is 0 Å². The number of aliphatic carboxylic acids is 1. The number of aliphatic hydroxyl groups is 1. The molecule has 0 fully saturated rings. The number of thioether (sulfide) groups is 1. The van der Waals surface area contributed by atoms with Crippen LogP contribution in [0.2, 0.25) is 0 Å². The zero-order chi connectivity index (χ0) is 12.6. The molecule has 0 bridgehead atoms. The second-order valence-electron chi connectivity index (χ2n) is 4.41. The second kappa shape index (κ2) is 7.92. The van der Waals surface area contributed by atoms with Crippen molar-refractivity contribution in [3.8, 4) is 0 Å². The summed E-state index contributed by atoms with van der Waals surface area (Å²) in [4.78, 5) is 10.8. The van der Waals surface area contributed by atoms with Crippen LogP contribution in [0.15, 0.2) is 0 Å². The molecule has 0 rings (SSSR count). The Morgan fingerprint density at radius 3 is 2.38 bits per heavy atom. The third kappa shape index (κ3) is 6.35. The van der Waals surface area contributed by atoms with Crippen molar-refractivity contribution >= 4 is 17.7 Å². The van der Waals surface area contributed by atoms with Gasteiger partial charge in [-0.05, 0) is 32.4 Å². The molecule has 0 radical (unpaired) electrons. The van der Waals surface area contributed by atoms with Crippen molar-refractivity contribution in [3.05, 3.63) is 0 Å². The molecule has 0 spiro atoms. The third-order valence-electron chi connectivity index (χ3n) is 2.54. The van der Waals surface area contributed by atoms with Crippen LogP contribution in [0.3, 0.4) is 0 Å². The van der Waals surface area contributed by atoms with Crippen LogP contribution in [0.1, 0.15) is 39.5 Å². The van der Waals surface area contributed by atoms with Crippen molar-refractivity contribution in [1.29, 1.82) is 0 Å². The lowest BCUT2D eigenvalue weighted by Gasteiger charge is -2.27. The molecule has 0 aromatic heterocycles. The first kappa shape index (κ1) is 15.7. The highest BCUT2D eigenvalue weighted by molar-refractivity contribution is 8.00. The van der Waals surface area contributed by atoms with E-state index in [1.165, 1.54) is 0 Å². The molecule has 0 saturated heterocycles. The van der Waals surface area contributed by atoms with Crippen LogP contribution in [-0.4, -0.2) is 39.3 Å². The Bertz CT molecular complexity index is 209. The molecule has 0 aliphatic carbocycles. The molecular formula is C11H23NO3S. The van der Waals surface area contributed by atoms with Gasteiger partial charge in [-0.15, -0.1) is 0 Å². The molecule has 0 aliphatic rings. The number of carboxylic acids is 1. The summed E-state index contributed by atoms with van der Waals surface area (Å²) < 4.78 is -0.428. The number of carbonyl (C=O) groups is 1. The quantitative estimate of drug-likeness (QED) is 0.539. The number of hydrogen-bond acceptors (Lipinski definition) is 4. The van der Waals surface area contributed by atoms with Gasteiger partial charge < -0.3 is 15.9 Å². The molecule has 1 atom stereocenters. The van der Waals surface area contributed by atoms with Gasteiger partial charge in [0.2, 0.25) is 0 Å². The van der Waals surface area contributed by atoms with E-state index in [1.807, 2.05) is 13.8 Å². The summed E-state index contributed by atoms with van der Waals surface area (Å²) in [6.07, 6.45) is 4.00. The normalized spacial score (nSPS) is 13.8. The Morgan fingerprint density at radius 1 is 1.31 bits per heavy atom. The van der Waals surface area contributed by atoms with Crippen molar-refractivity contribution in [2.75, 3.05) is 12.4 Å². The van der Waals surface area contributed by atoms with Gasteiger partial charge in [0.1, 0.15) is 6.04 Å². The molecule has 4 nitrogen and oxygen atoms in total. The maximum Gasteiger partial charge on any atom is 0.321 e. The molecule has 0 unspecified atom stereocenters. The lowest BCUT2D eigenvalue weighted by molar-refractivity contribution is -0.139. The predicted molar refractivity (Wildman–Crippen MR) is 67.7 cm³/mol. The zero-order valence-electron chi connectivity index (χ0n) is 10.1. The highest BCUT2D eigenvalue weighted by Gasteiger charge is 2.32. The fourth-order valence-electron chi connectivity index (χ4n) is 1.29. The maximum absolute atomic E-state index is 10.8. The van der Waals surface area contributed by atoms with E-state index in [1.54, 1.807) is 11.8 Å². The van der Waals surface area contributed by atoms with Crippen molar-refractivity contribution in [2.45, 2.75) is 50.3 Å². The molecule has 0 heterocycles. The SMILES string of the molecule is CC(C)(SCCCCCCO)[C@H](N)C(=O)O. The minimum Gasteiger partial charge on any atom is -0.480 e. The number of hydrogen-bond donors (Lipinski definition) is 3. The van der Waals surface area contributed by atoms with Crippen molar-refractivity contribution in [1.82, 2.24) is 0 Å². The maximum atomic E-state index is 10.8. The summed E-state index contributed by atoms with van der Waals surface area (Å²) in [6, 6.07) is -0.824. The molecule has 5 heteroatoms. The van der Waals surface area contributed by atoms with Crippen molar-refractivity contribution < 1.29 is 15.0 Å². The van der Waals surface area contributed by atoms with Crippen LogP contribution < -0.4 is 5.73 Å². The van der Waals surface area contributed by atoms with E-state index >= 15 is 0 Å². The highest BCUT2D eigenvalue weighted by atomic mass is 32.2. The first-order valence-electron chi connectivity index (χ1n) is 5.65. The molecule has 0 saturated carbocycles. The van der Waals surface area contributed by atoms with Crippen LogP contribution in [0.25, 0.3) is 0 Å². The summed E-state index contributed by atoms with van der Waals surface area (Å²) in [6.45, 7) is 3.98. The Balaban J connectivity index is 3.70. The van der Waals surface area contributed by atoms with Gasteiger partial charge in [0, 0.05) is 11.4 Å². The number of unbranched alkanes of at least 4 members (excludes halogenated alkanes) is 3. The number of nitrogens with two attached hydrogens (primary N) is 1. The lowest BCUT2D eigenvalue weighted by atomic mass is 10.1. The Hall–Kier alpha value is -0.260. The van der Waals surface area contributed by atoms with Crippen LogP contribution >= 0.6 is 11.8 Å². The van der Waals surface area contributed by atoms with Crippen LogP contribution in [0.4, 0.5) is 0 Å².